The smallest absolute Gasteiger partial charge is 0.224 e. The molecule has 13 atom stereocenters. The van der Waals surface area contributed by atoms with Crippen molar-refractivity contribution in [3.05, 3.63) is 12.7 Å². The van der Waals surface area contributed by atoms with E-state index in [1.165, 1.54) is 64.2 Å². The highest BCUT2D eigenvalue weighted by atomic mass is 16.3. The van der Waals surface area contributed by atoms with Crippen molar-refractivity contribution in [2.24, 2.45) is 63.1 Å². The van der Waals surface area contributed by atoms with Gasteiger partial charge in [0.1, 0.15) is 0 Å². The Labute approximate surface area is 304 Å². The van der Waals surface area contributed by atoms with Crippen molar-refractivity contribution in [1.29, 1.82) is 0 Å². The van der Waals surface area contributed by atoms with Gasteiger partial charge >= 0.3 is 0 Å². The molecule has 3 amide bonds. The molecule has 0 spiro atoms. The van der Waals surface area contributed by atoms with Crippen LogP contribution < -0.4 is 10.6 Å². The van der Waals surface area contributed by atoms with E-state index in [0.29, 0.717) is 53.4 Å². The monoisotopic (exact) mass is 696 g/mol. The van der Waals surface area contributed by atoms with Gasteiger partial charge in [-0.25, -0.2) is 0 Å². The van der Waals surface area contributed by atoms with E-state index in [0.717, 1.165) is 56.0 Å². The molecule has 6 saturated carbocycles. The number of carbonyl (C=O) groups excluding carboxylic acids is 3. The normalized spacial score (nSPS) is 45.7. The number of fused-ring (bicyclic) bond motifs is 7. The summed E-state index contributed by atoms with van der Waals surface area (Å²) >= 11 is 0. The van der Waals surface area contributed by atoms with Gasteiger partial charge in [0.05, 0.1) is 6.10 Å². The molecule has 0 radical (unpaired) electrons. The van der Waals surface area contributed by atoms with Gasteiger partial charge < -0.3 is 20.6 Å². The largest absolute Gasteiger partial charge is 0.393 e. The Bertz CT molecular complexity index is 1220. The van der Waals surface area contributed by atoms with E-state index in [4.69, 9.17) is 0 Å². The van der Waals surface area contributed by atoms with Gasteiger partial charge in [-0.1, -0.05) is 54.0 Å². The Morgan fingerprint density at radius 3 is 2.20 bits per heavy atom. The highest BCUT2D eigenvalue weighted by Crippen LogP contribution is 2.75. The lowest BCUT2D eigenvalue weighted by Gasteiger charge is -2.71. The SMILES string of the molecule is C=CC.CC1C(NC=O)CC1C(=O)NCCC(=O)N1CCCC1.CC1C(O)CCC2(C)C1CCC1(C)C2CCC2C3CCCC3(C)CC[C@]21C. The van der Waals surface area contributed by atoms with Crippen LogP contribution in [-0.4, -0.2) is 60.0 Å². The second kappa shape index (κ2) is 15.6. The van der Waals surface area contributed by atoms with Gasteiger partial charge in [-0.15, -0.1) is 6.58 Å². The molecule has 12 unspecified atom stereocenters. The molecule has 7 fully saturated rings. The molecule has 7 nitrogen and oxygen atoms in total. The molecule has 0 aromatic rings. The predicted molar refractivity (Wildman–Crippen MR) is 202 cm³/mol. The Kier molecular flexibility index (Phi) is 12.3. The average molecular weight is 696 g/mol. The van der Waals surface area contributed by atoms with Gasteiger partial charge in [0.25, 0.3) is 0 Å². The number of likely N-dealkylation sites (tertiary alicyclic amines) is 1. The zero-order valence-corrected chi connectivity index (χ0v) is 32.9. The second-order valence-corrected chi connectivity index (χ2v) is 19.0. The molecule has 1 aliphatic heterocycles. The van der Waals surface area contributed by atoms with Crippen molar-refractivity contribution < 1.29 is 19.5 Å². The Morgan fingerprint density at radius 1 is 0.840 bits per heavy atom. The lowest BCUT2D eigenvalue weighted by Crippen LogP contribution is -2.64. The summed E-state index contributed by atoms with van der Waals surface area (Å²) in [6.07, 6.45) is 21.2. The molecular formula is C43H73N3O4. The minimum atomic E-state index is -0.0479. The number of nitrogens with zero attached hydrogens (tertiary/aromatic N) is 1. The van der Waals surface area contributed by atoms with Gasteiger partial charge in [0.2, 0.25) is 18.2 Å². The molecule has 284 valence electrons. The Hall–Kier alpha value is -1.89. The van der Waals surface area contributed by atoms with E-state index in [9.17, 15) is 19.5 Å². The number of hydrogen-bond acceptors (Lipinski definition) is 4. The Morgan fingerprint density at radius 2 is 1.54 bits per heavy atom. The minimum absolute atomic E-state index is 0.00401. The third-order valence-corrected chi connectivity index (χ3v) is 16.8. The molecule has 7 rings (SSSR count). The van der Waals surface area contributed by atoms with Crippen LogP contribution in [0.1, 0.15) is 145 Å². The predicted octanol–water partition coefficient (Wildman–Crippen LogP) is 7.91. The molecule has 0 aromatic carbocycles. The van der Waals surface area contributed by atoms with Crippen LogP contribution in [0.3, 0.4) is 0 Å². The lowest BCUT2D eigenvalue weighted by molar-refractivity contribution is -0.231. The van der Waals surface area contributed by atoms with Crippen molar-refractivity contribution >= 4 is 18.2 Å². The van der Waals surface area contributed by atoms with Crippen molar-refractivity contribution in [1.82, 2.24) is 15.5 Å². The van der Waals surface area contributed by atoms with E-state index >= 15 is 0 Å². The number of aliphatic hydroxyl groups excluding tert-OH is 1. The average Bonchev–Trinajstić information content (AvgIpc) is 3.76. The van der Waals surface area contributed by atoms with Crippen molar-refractivity contribution in [2.45, 2.75) is 157 Å². The fourth-order valence-electron chi connectivity index (χ4n) is 13.5. The summed E-state index contributed by atoms with van der Waals surface area (Å²) in [7, 11) is 0. The number of allylic oxidation sites excluding steroid dienone is 1. The summed E-state index contributed by atoms with van der Waals surface area (Å²) in [4.78, 5) is 36.0. The molecule has 50 heavy (non-hydrogen) atoms. The van der Waals surface area contributed by atoms with Crippen LogP contribution in [0, 0.1) is 63.1 Å². The highest BCUT2D eigenvalue weighted by Gasteiger charge is 2.68. The van der Waals surface area contributed by atoms with Gasteiger partial charge in [-0.3, -0.25) is 14.4 Å². The first-order chi connectivity index (χ1) is 23.7. The number of carbonyl (C=O) groups is 3. The van der Waals surface area contributed by atoms with E-state index in [1.54, 1.807) is 6.08 Å². The summed E-state index contributed by atoms with van der Waals surface area (Å²) in [5, 5.41) is 16.1. The van der Waals surface area contributed by atoms with Crippen LogP contribution in [0.2, 0.25) is 0 Å². The van der Waals surface area contributed by atoms with Crippen LogP contribution in [0.4, 0.5) is 0 Å². The Balaban J connectivity index is 0.000000188. The molecule has 1 saturated heterocycles. The molecule has 0 bridgehead atoms. The summed E-state index contributed by atoms with van der Waals surface area (Å²) in [5.41, 5.74) is 2.21. The van der Waals surface area contributed by atoms with Gasteiger partial charge in [0, 0.05) is 38.0 Å². The highest BCUT2D eigenvalue weighted by molar-refractivity contribution is 5.81. The van der Waals surface area contributed by atoms with Crippen LogP contribution >= 0.6 is 0 Å². The number of nitrogens with one attached hydrogen (secondary N) is 2. The quantitative estimate of drug-likeness (QED) is 0.194. The minimum Gasteiger partial charge on any atom is -0.393 e. The van der Waals surface area contributed by atoms with Gasteiger partial charge in [-0.2, -0.15) is 0 Å². The fourth-order valence-corrected chi connectivity index (χ4v) is 13.5. The van der Waals surface area contributed by atoms with Gasteiger partial charge in [0.15, 0.2) is 0 Å². The molecule has 3 N–H and O–H groups in total. The molecular weight excluding hydrogens is 622 g/mol. The lowest BCUT2D eigenvalue weighted by atomic mass is 9.33. The van der Waals surface area contributed by atoms with Crippen LogP contribution in [-0.2, 0) is 14.4 Å². The zero-order valence-electron chi connectivity index (χ0n) is 32.9. The first-order valence-electron chi connectivity index (χ1n) is 20.7. The summed E-state index contributed by atoms with van der Waals surface area (Å²) in [6.45, 7) is 22.4. The van der Waals surface area contributed by atoms with E-state index < -0.39 is 0 Å². The van der Waals surface area contributed by atoms with Crippen LogP contribution in [0.25, 0.3) is 0 Å². The standard InChI is InChI=1S/C26H44O.C14H23N3O3.C3H6/c1-17-18-10-14-26(5)22(24(18,3)13-11-21(17)27)9-8-20-19-7-6-12-23(19,2)15-16-25(20,26)4;1-10-11(8-12(10)16-9-18)14(20)15-5-4-13(19)17-6-2-3-7-17;1-3-2/h17-22,27H,6-16H2,1-5H3;9-12H,2-8H2,1H3,(H,15,20)(H,16,18);3H,1H2,2H3/t17?,18?,19?,20?,21?,22?,23?,24?,25-,26?;;/m1../s1. The molecule has 1 heterocycles. The van der Waals surface area contributed by atoms with E-state index in [2.05, 4.69) is 51.8 Å². The van der Waals surface area contributed by atoms with E-state index in [1.807, 2.05) is 18.7 Å². The molecule has 0 aromatic heterocycles. The number of aliphatic hydroxyl groups is 1. The first-order valence-corrected chi connectivity index (χ1v) is 20.7. The van der Waals surface area contributed by atoms with Crippen molar-refractivity contribution in [3.8, 4) is 0 Å². The van der Waals surface area contributed by atoms with Crippen molar-refractivity contribution in [3.63, 3.8) is 0 Å². The van der Waals surface area contributed by atoms with Crippen LogP contribution in [0.15, 0.2) is 12.7 Å². The van der Waals surface area contributed by atoms with E-state index in [-0.39, 0.29) is 35.8 Å². The summed E-state index contributed by atoms with van der Waals surface area (Å²) in [5.74, 6) is 4.36. The maximum Gasteiger partial charge on any atom is 0.224 e. The number of amides is 3. The maximum absolute atomic E-state index is 11.9. The van der Waals surface area contributed by atoms with Gasteiger partial charge in [-0.05, 0) is 148 Å². The fraction of sp³-hybridized carbons (Fsp3) is 0.884. The molecule has 7 heteroatoms. The van der Waals surface area contributed by atoms with Crippen molar-refractivity contribution in [2.75, 3.05) is 19.6 Å². The third kappa shape index (κ3) is 6.96. The van der Waals surface area contributed by atoms with Crippen LogP contribution in [0.5, 0.6) is 0 Å². The molecule has 6 aliphatic carbocycles. The number of hydrogen-bond donors (Lipinski definition) is 3. The molecule has 7 aliphatic rings. The summed E-state index contributed by atoms with van der Waals surface area (Å²) < 4.78 is 0. The topological polar surface area (TPSA) is 98.7 Å². The third-order valence-electron chi connectivity index (χ3n) is 16.8. The first kappa shape index (κ1) is 39.3. The number of rotatable bonds is 6. The maximum atomic E-state index is 11.9. The summed E-state index contributed by atoms with van der Waals surface area (Å²) in [6, 6.07) is 0.106. The zero-order chi connectivity index (χ0) is 36.5. The second-order valence-electron chi connectivity index (χ2n) is 19.0.